The topological polar surface area (TPSA) is 133 Å². The second kappa shape index (κ2) is 11.8. The van der Waals surface area contributed by atoms with Crippen LogP contribution in [0.3, 0.4) is 0 Å². The number of carbonyl (C=O) groups excluding carboxylic acids is 6. The molecule has 0 bridgehead atoms. The lowest BCUT2D eigenvalue weighted by Crippen LogP contribution is -2.60. The zero-order valence-electron chi connectivity index (χ0n) is 22.1. The Morgan fingerprint density at radius 2 is 1.00 bits per heavy atom. The van der Waals surface area contributed by atoms with Crippen molar-refractivity contribution in [1.82, 2.24) is 20.4 Å². The second-order valence-electron chi connectivity index (χ2n) is 10.9. The first kappa shape index (κ1) is 27.2. The minimum absolute atomic E-state index is 0.0382. The fourth-order valence-corrected chi connectivity index (χ4v) is 5.98. The molecule has 2 aromatic rings. The van der Waals surface area contributed by atoms with E-state index in [1.807, 2.05) is 60.7 Å². The Balaban J connectivity index is 1.22. The Morgan fingerprint density at radius 1 is 0.600 bits per heavy atom. The third-order valence-electron chi connectivity index (χ3n) is 8.05. The first-order valence-electron chi connectivity index (χ1n) is 13.7. The number of barbiturate groups is 2. The van der Waals surface area contributed by atoms with E-state index >= 15 is 0 Å². The van der Waals surface area contributed by atoms with Crippen LogP contribution in [0.4, 0.5) is 9.59 Å². The number of carbonyl (C=O) groups is 6. The summed E-state index contributed by atoms with van der Waals surface area (Å²) in [6.07, 6.45) is 3.37. The summed E-state index contributed by atoms with van der Waals surface area (Å²) < 4.78 is 0. The minimum Gasteiger partial charge on any atom is -0.277 e. The summed E-state index contributed by atoms with van der Waals surface area (Å²) >= 11 is 0. The van der Waals surface area contributed by atoms with Gasteiger partial charge in [0.2, 0.25) is 23.6 Å². The van der Waals surface area contributed by atoms with Crippen LogP contribution in [-0.4, -0.2) is 58.6 Å². The lowest BCUT2D eigenvalue weighted by Gasteiger charge is -2.38. The predicted octanol–water partition coefficient (Wildman–Crippen LogP) is 2.67. The molecule has 0 spiro atoms. The van der Waals surface area contributed by atoms with Crippen molar-refractivity contribution >= 4 is 35.7 Å². The van der Waals surface area contributed by atoms with Gasteiger partial charge in [0.25, 0.3) is 0 Å². The summed E-state index contributed by atoms with van der Waals surface area (Å²) in [5.41, 5.74) is 1.66. The Kier molecular flexibility index (Phi) is 8.04. The van der Waals surface area contributed by atoms with E-state index in [-0.39, 0.29) is 37.8 Å². The number of nitrogens with zero attached hydrogens (tertiary/aromatic N) is 2. The van der Waals surface area contributed by atoms with Gasteiger partial charge in [-0.05, 0) is 55.1 Å². The normalized spacial score (nSPS) is 25.6. The van der Waals surface area contributed by atoms with Crippen LogP contribution in [0.2, 0.25) is 0 Å². The quantitative estimate of drug-likeness (QED) is 0.491. The van der Waals surface area contributed by atoms with Crippen LogP contribution >= 0.6 is 0 Å². The fraction of sp³-hybridized carbons (Fsp3) is 0.400. The van der Waals surface area contributed by atoms with E-state index in [4.69, 9.17) is 0 Å². The zero-order chi connectivity index (χ0) is 28.2. The van der Waals surface area contributed by atoms with Gasteiger partial charge in [-0.3, -0.25) is 39.6 Å². The Morgan fingerprint density at radius 3 is 1.40 bits per heavy atom. The summed E-state index contributed by atoms with van der Waals surface area (Å²) in [5, 5.41) is 4.65. The molecule has 208 valence electrons. The molecule has 1 aliphatic carbocycles. The lowest BCUT2D eigenvalue weighted by atomic mass is 9.80. The van der Waals surface area contributed by atoms with E-state index in [1.54, 1.807) is 0 Å². The maximum atomic E-state index is 13.2. The molecular weight excluding hydrogens is 512 g/mol. The first-order valence-corrected chi connectivity index (χ1v) is 13.7. The van der Waals surface area contributed by atoms with E-state index < -0.39 is 47.5 Å². The first-order chi connectivity index (χ1) is 19.3. The molecule has 4 unspecified atom stereocenters. The van der Waals surface area contributed by atoms with Crippen LogP contribution in [0.25, 0.3) is 0 Å². The van der Waals surface area contributed by atoms with Gasteiger partial charge in [-0.15, -0.1) is 0 Å². The van der Waals surface area contributed by atoms with Crippen LogP contribution < -0.4 is 10.6 Å². The van der Waals surface area contributed by atoms with Gasteiger partial charge in [-0.1, -0.05) is 67.1 Å². The maximum absolute atomic E-state index is 13.2. The smallest absolute Gasteiger partial charge is 0.277 e. The highest BCUT2D eigenvalue weighted by Crippen LogP contribution is 2.32. The molecular formula is C30H32N4O6. The molecule has 4 atom stereocenters. The molecule has 3 fully saturated rings. The number of urea groups is 2. The highest BCUT2D eigenvalue weighted by Gasteiger charge is 2.43. The predicted molar refractivity (Wildman–Crippen MR) is 143 cm³/mol. The third kappa shape index (κ3) is 5.95. The lowest BCUT2D eigenvalue weighted by molar-refractivity contribution is -0.144. The van der Waals surface area contributed by atoms with Gasteiger partial charge in [-0.25, -0.2) is 9.59 Å². The van der Waals surface area contributed by atoms with Crippen molar-refractivity contribution in [2.24, 2.45) is 23.7 Å². The molecule has 40 heavy (non-hydrogen) atoms. The van der Waals surface area contributed by atoms with Gasteiger partial charge in [0, 0.05) is 13.1 Å². The molecule has 2 N–H and O–H groups in total. The molecule has 1 saturated carbocycles. The summed E-state index contributed by atoms with van der Waals surface area (Å²) in [4.78, 5) is 78.9. The molecule has 2 heterocycles. The zero-order valence-corrected chi connectivity index (χ0v) is 22.1. The summed E-state index contributed by atoms with van der Waals surface area (Å²) in [6.45, 7) is 0.323. The second-order valence-corrected chi connectivity index (χ2v) is 10.9. The number of benzene rings is 2. The van der Waals surface area contributed by atoms with Gasteiger partial charge in [0.1, 0.15) is 11.8 Å². The maximum Gasteiger partial charge on any atom is 0.330 e. The molecule has 3 aliphatic rings. The Labute approximate surface area is 232 Å². The average Bonchev–Trinajstić information content (AvgIpc) is 2.95. The van der Waals surface area contributed by atoms with Crippen LogP contribution in [0.15, 0.2) is 60.7 Å². The molecule has 2 aliphatic heterocycles. The molecule has 10 heteroatoms. The number of hydrogen-bond donors (Lipinski definition) is 2. The molecule has 2 aromatic carbocycles. The van der Waals surface area contributed by atoms with Gasteiger partial charge in [0.15, 0.2) is 0 Å². The molecule has 0 aromatic heterocycles. The number of hydrogen-bond acceptors (Lipinski definition) is 6. The number of rotatable bonds is 8. The molecule has 8 amide bonds. The van der Waals surface area contributed by atoms with Crippen LogP contribution in [0.1, 0.15) is 36.8 Å². The van der Waals surface area contributed by atoms with Crippen molar-refractivity contribution in [3.63, 3.8) is 0 Å². The monoisotopic (exact) mass is 544 g/mol. The standard InChI is InChI=1S/C30H32N4O6/c35-25-23(15-19-8-3-1-4-9-19)27(37)33(29(39)31-25)17-21-12-7-13-22(14-21)18-34-28(38)24(26(36)32-30(34)40)16-20-10-5-2-6-11-20/h1-6,8-11,21-24H,7,12-18H2,(H,31,35,39)(H,32,36,40). The summed E-state index contributed by atoms with van der Waals surface area (Å²) in [6, 6.07) is 16.9. The fourth-order valence-electron chi connectivity index (χ4n) is 5.98. The van der Waals surface area contributed by atoms with Crippen LogP contribution in [0, 0.1) is 23.7 Å². The van der Waals surface area contributed by atoms with Crippen LogP contribution in [0.5, 0.6) is 0 Å². The largest absolute Gasteiger partial charge is 0.330 e. The molecule has 5 rings (SSSR count). The average molecular weight is 545 g/mol. The van der Waals surface area contributed by atoms with Gasteiger partial charge in [-0.2, -0.15) is 0 Å². The molecule has 2 saturated heterocycles. The number of imide groups is 4. The van der Waals surface area contributed by atoms with E-state index in [9.17, 15) is 28.8 Å². The highest BCUT2D eigenvalue weighted by molar-refractivity contribution is 6.17. The van der Waals surface area contributed by atoms with Gasteiger partial charge >= 0.3 is 12.1 Å². The van der Waals surface area contributed by atoms with E-state index in [2.05, 4.69) is 10.6 Å². The van der Waals surface area contributed by atoms with Crippen molar-refractivity contribution in [3.8, 4) is 0 Å². The van der Waals surface area contributed by atoms with Crippen molar-refractivity contribution in [2.45, 2.75) is 38.5 Å². The Bertz CT molecular complexity index is 1210. The number of nitrogens with one attached hydrogen (secondary N) is 2. The highest BCUT2D eigenvalue weighted by atomic mass is 16.2. The van der Waals surface area contributed by atoms with Crippen molar-refractivity contribution in [1.29, 1.82) is 0 Å². The van der Waals surface area contributed by atoms with Crippen molar-refractivity contribution < 1.29 is 28.8 Å². The minimum atomic E-state index is -0.978. The van der Waals surface area contributed by atoms with E-state index in [1.165, 1.54) is 0 Å². The SMILES string of the molecule is O=C1NC(=O)N(CC2CCCC(CN3C(=O)NC(=O)C(Cc4ccccc4)C3=O)C2)C(=O)C1Cc1ccccc1. The molecule has 10 nitrogen and oxygen atoms in total. The molecule has 0 radical (unpaired) electrons. The summed E-state index contributed by atoms with van der Waals surface area (Å²) in [5.74, 6) is -4.23. The van der Waals surface area contributed by atoms with E-state index in [0.717, 1.165) is 40.2 Å². The van der Waals surface area contributed by atoms with Gasteiger partial charge < -0.3 is 0 Å². The summed E-state index contributed by atoms with van der Waals surface area (Å²) in [7, 11) is 0. The van der Waals surface area contributed by atoms with Crippen LogP contribution in [-0.2, 0) is 32.0 Å². The third-order valence-corrected chi connectivity index (χ3v) is 8.05. The van der Waals surface area contributed by atoms with Gasteiger partial charge in [0.05, 0.1) is 0 Å². The van der Waals surface area contributed by atoms with Crippen molar-refractivity contribution in [2.75, 3.05) is 13.1 Å². The van der Waals surface area contributed by atoms with Crippen molar-refractivity contribution in [3.05, 3.63) is 71.8 Å². The Hall–Kier alpha value is -4.34. The van der Waals surface area contributed by atoms with E-state index in [0.29, 0.717) is 6.42 Å². The number of amides is 8.